The fraction of sp³-hybridized carbons (Fsp3) is 0.333. The number of benzene rings is 1. The Bertz CT molecular complexity index is 722. The average molecular weight is 361 g/mol. The Morgan fingerprint density at radius 1 is 1.54 bits per heavy atom. The Hall–Kier alpha value is -1.68. The van der Waals surface area contributed by atoms with Crippen LogP contribution in [0.3, 0.4) is 0 Å². The van der Waals surface area contributed by atoms with E-state index >= 15 is 0 Å². The van der Waals surface area contributed by atoms with Gasteiger partial charge in [-0.15, -0.1) is 29.9 Å². The lowest BCUT2D eigenvalue weighted by atomic mass is 9.96. The topological polar surface area (TPSA) is 86.2 Å². The third kappa shape index (κ3) is 4.67. The number of thioether (sulfide) groups is 2. The molecule has 1 amide bonds. The van der Waals surface area contributed by atoms with Gasteiger partial charge in [-0.3, -0.25) is 9.59 Å². The fourth-order valence-corrected chi connectivity index (χ4v) is 5.18. The summed E-state index contributed by atoms with van der Waals surface area (Å²) in [4.78, 5) is 23.9. The molecule has 2 unspecified atom stereocenters. The van der Waals surface area contributed by atoms with Gasteiger partial charge in [0, 0.05) is 33.9 Å². The number of rotatable bonds is 6. The number of carbonyl (C=O) groups excluding carboxylic acids is 2. The molecule has 0 aliphatic carbocycles. The summed E-state index contributed by atoms with van der Waals surface area (Å²) in [5.41, 5.74) is 14.0. The number of aryl methyl sites for hydroxylation is 1. The van der Waals surface area contributed by atoms with Gasteiger partial charge in [0.25, 0.3) is 0 Å². The standard InChI is InChI=1S/C18H20N2O2S2/c1-3-7-23-18-17(13(19)9-16(20)22)14(21)10-15(24-18)12-6-4-5-11(2)8-12/h1,4-6,8,13,15H,7,9-10,19H2,2H3,(H2,20,22). The minimum absolute atomic E-state index is 0.0298. The second kappa shape index (κ2) is 8.43. The van der Waals surface area contributed by atoms with Crippen molar-refractivity contribution in [3.05, 3.63) is 45.2 Å². The summed E-state index contributed by atoms with van der Waals surface area (Å²) in [5, 5.41) is 0.0298. The highest BCUT2D eigenvalue weighted by Crippen LogP contribution is 2.48. The first-order chi connectivity index (χ1) is 11.4. The van der Waals surface area contributed by atoms with E-state index in [2.05, 4.69) is 12.0 Å². The average Bonchev–Trinajstić information content (AvgIpc) is 2.51. The van der Waals surface area contributed by atoms with Crippen LogP contribution in [0.25, 0.3) is 0 Å². The van der Waals surface area contributed by atoms with E-state index in [-0.39, 0.29) is 17.5 Å². The van der Waals surface area contributed by atoms with Crippen molar-refractivity contribution in [2.24, 2.45) is 11.5 Å². The maximum atomic E-state index is 12.7. The maximum absolute atomic E-state index is 12.7. The third-order valence-electron chi connectivity index (χ3n) is 3.63. The first-order valence-corrected chi connectivity index (χ1v) is 9.39. The van der Waals surface area contributed by atoms with Gasteiger partial charge in [-0.2, -0.15) is 0 Å². The van der Waals surface area contributed by atoms with Crippen LogP contribution in [0.15, 0.2) is 34.1 Å². The van der Waals surface area contributed by atoms with Crippen LogP contribution >= 0.6 is 23.5 Å². The quantitative estimate of drug-likeness (QED) is 0.761. The SMILES string of the molecule is C#CCSC1=C(C(N)CC(N)=O)C(=O)CC(c2cccc(C)c2)S1. The number of terminal acetylenes is 1. The molecule has 2 rings (SSSR count). The zero-order valence-corrected chi connectivity index (χ0v) is 15.1. The molecule has 6 heteroatoms. The number of carbonyl (C=O) groups is 2. The molecule has 126 valence electrons. The van der Waals surface area contributed by atoms with Gasteiger partial charge >= 0.3 is 0 Å². The Kier molecular flexibility index (Phi) is 6.55. The lowest BCUT2D eigenvalue weighted by molar-refractivity contribution is -0.118. The van der Waals surface area contributed by atoms with Gasteiger partial charge in [0.2, 0.25) is 5.91 Å². The summed E-state index contributed by atoms with van der Waals surface area (Å²) < 4.78 is 0.810. The predicted octanol–water partition coefficient (Wildman–Crippen LogP) is 2.52. The summed E-state index contributed by atoms with van der Waals surface area (Å²) in [5.74, 6) is 2.46. The van der Waals surface area contributed by atoms with E-state index in [1.54, 1.807) is 11.8 Å². The van der Waals surface area contributed by atoms with Crippen LogP contribution in [0.5, 0.6) is 0 Å². The predicted molar refractivity (Wildman–Crippen MR) is 101 cm³/mol. The van der Waals surface area contributed by atoms with E-state index < -0.39 is 11.9 Å². The molecule has 0 saturated heterocycles. The smallest absolute Gasteiger partial charge is 0.219 e. The van der Waals surface area contributed by atoms with Crippen molar-refractivity contribution >= 4 is 35.2 Å². The molecule has 1 aromatic carbocycles. The zero-order chi connectivity index (χ0) is 17.7. The first kappa shape index (κ1) is 18.7. The van der Waals surface area contributed by atoms with E-state index in [4.69, 9.17) is 17.9 Å². The monoisotopic (exact) mass is 360 g/mol. The molecule has 24 heavy (non-hydrogen) atoms. The summed E-state index contributed by atoms with van der Waals surface area (Å²) in [6, 6.07) is 7.44. The molecule has 0 aromatic heterocycles. The Balaban J connectivity index is 2.33. The number of hydrogen-bond acceptors (Lipinski definition) is 5. The molecule has 0 spiro atoms. The van der Waals surface area contributed by atoms with Crippen molar-refractivity contribution < 1.29 is 9.59 Å². The Morgan fingerprint density at radius 2 is 2.29 bits per heavy atom. The molecule has 0 radical (unpaired) electrons. The molecule has 1 aliphatic rings. The van der Waals surface area contributed by atoms with Gasteiger partial charge < -0.3 is 11.5 Å². The largest absolute Gasteiger partial charge is 0.370 e. The van der Waals surface area contributed by atoms with Crippen molar-refractivity contribution in [3.8, 4) is 12.3 Å². The van der Waals surface area contributed by atoms with E-state index in [0.29, 0.717) is 17.7 Å². The van der Waals surface area contributed by atoms with Crippen LogP contribution in [0.2, 0.25) is 0 Å². The van der Waals surface area contributed by atoms with Crippen LogP contribution in [0, 0.1) is 19.3 Å². The van der Waals surface area contributed by atoms with E-state index in [9.17, 15) is 9.59 Å². The zero-order valence-electron chi connectivity index (χ0n) is 13.5. The van der Waals surface area contributed by atoms with Gasteiger partial charge in [-0.05, 0) is 12.5 Å². The van der Waals surface area contributed by atoms with Crippen LogP contribution in [0.4, 0.5) is 0 Å². The van der Waals surface area contributed by atoms with E-state index in [0.717, 1.165) is 15.4 Å². The van der Waals surface area contributed by atoms with Crippen molar-refractivity contribution in [1.82, 2.24) is 0 Å². The highest BCUT2D eigenvalue weighted by Gasteiger charge is 2.33. The molecule has 0 bridgehead atoms. The summed E-state index contributed by atoms with van der Waals surface area (Å²) >= 11 is 3.02. The molecule has 1 heterocycles. The Morgan fingerprint density at radius 3 is 2.92 bits per heavy atom. The molecule has 1 aliphatic heterocycles. The van der Waals surface area contributed by atoms with E-state index in [1.807, 2.05) is 25.1 Å². The lowest BCUT2D eigenvalue weighted by Gasteiger charge is -2.28. The highest BCUT2D eigenvalue weighted by molar-refractivity contribution is 8.22. The molecule has 4 nitrogen and oxygen atoms in total. The lowest BCUT2D eigenvalue weighted by Crippen LogP contribution is -2.34. The number of hydrogen-bond donors (Lipinski definition) is 2. The third-order valence-corrected chi connectivity index (χ3v) is 6.23. The summed E-state index contributed by atoms with van der Waals surface area (Å²) in [6.45, 7) is 2.02. The second-order valence-electron chi connectivity index (χ2n) is 5.62. The Labute approximate surface area is 150 Å². The van der Waals surface area contributed by atoms with Gasteiger partial charge in [0.05, 0.1) is 5.75 Å². The van der Waals surface area contributed by atoms with Crippen molar-refractivity contribution in [2.45, 2.75) is 31.1 Å². The number of nitrogens with two attached hydrogens (primary N) is 2. The first-order valence-electron chi connectivity index (χ1n) is 7.53. The van der Waals surface area contributed by atoms with Crippen molar-refractivity contribution in [1.29, 1.82) is 0 Å². The molecule has 1 aromatic rings. The highest BCUT2D eigenvalue weighted by atomic mass is 32.2. The number of Topliss-reactive ketones (excluding diaryl/α,β-unsaturated/α-hetero) is 1. The van der Waals surface area contributed by atoms with Gasteiger partial charge in [-0.1, -0.05) is 35.7 Å². The van der Waals surface area contributed by atoms with Crippen LogP contribution in [0.1, 0.15) is 29.2 Å². The molecule has 4 N–H and O–H groups in total. The summed E-state index contributed by atoms with van der Waals surface area (Å²) in [6.07, 6.45) is 5.67. The van der Waals surface area contributed by atoms with Crippen molar-refractivity contribution in [3.63, 3.8) is 0 Å². The van der Waals surface area contributed by atoms with E-state index in [1.165, 1.54) is 11.8 Å². The minimum atomic E-state index is -0.679. The summed E-state index contributed by atoms with van der Waals surface area (Å²) in [7, 11) is 0. The van der Waals surface area contributed by atoms with Crippen molar-refractivity contribution in [2.75, 3.05) is 5.75 Å². The van der Waals surface area contributed by atoms with Gasteiger partial charge in [0.15, 0.2) is 5.78 Å². The minimum Gasteiger partial charge on any atom is -0.370 e. The molecular weight excluding hydrogens is 340 g/mol. The van der Waals surface area contributed by atoms with Gasteiger partial charge in [0.1, 0.15) is 0 Å². The van der Waals surface area contributed by atoms with Crippen LogP contribution < -0.4 is 11.5 Å². The number of ketones is 1. The molecule has 2 atom stereocenters. The molecule has 0 saturated carbocycles. The molecule has 0 fully saturated rings. The normalized spacial score (nSPS) is 19.0. The van der Waals surface area contributed by atoms with Crippen LogP contribution in [-0.2, 0) is 9.59 Å². The maximum Gasteiger partial charge on any atom is 0.219 e. The second-order valence-corrected chi connectivity index (χ2v) is 8.08. The number of amides is 1. The fourth-order valence-electron chi connectivity index (χ4n) is 2.58. The van der Waals surface area contributed by atoms with Crippen LogP contribution in [-0.4, -0.2) is 23.5 Å². The van der Waals surface area contributed by atoms with Gasteiger partial charge in [-0.25, -0.2) is 0 Å². The number of primary amides is 1. The molecular formula is C18H20N2O2S2.